The molecule has 0 aliphatic carbocycles. The van der Waals surface area contributed by atoms with Crippen LogP contribution in [0.1, 0.15) is 18.2 Å². The summed E-state index contributed by atoms with van der Waals surface area (Å²) in [7, 11) is 3.72. The fraction of sp³-hybridized carbons (Fsp3) is 0.294. The summed E-state index contributed by atoms with van der Waals surface area (Å²) >= 11 is 0. The predicted octanol–water partition coefficient (Wildman–Crippen LogP) is 3.03. The van der Waals surface area contributed by atoms with Crippen LogP contribution in [0.25, 0.3) is 0 Å². The molecule has 2 rings (SSSR count). The average Bonchev–Trinajstić information content (AvgIpc) is 2.54. The number of likely N-dealkylation sites (N-methyl/N-ethyl adjacent to an activating group) is 1. The number of aromatic nitrogens is 1. The molecule has 0 aliphatic heterocycles. The molecule has 0 bridgehead atoms. The topological polar surface area (TPSA) is 49.1 Å². The number of hydrogen-bond acceptors (Lipinski definition) is 4. The van der Waals surface area contributed by atoms with Gasteiger partial charge in [-0.2, -0.15) is 5.26 Å². The summed E-state index contributed by atoms with van der Waals surface area (Å²) in [5.74, 6) is 0.913. The van der Waals surface area contributed by atoms with Crippen molar-refractivity contribution in [1.82, 2.24) is 4.98 Å². The van der Waals surface area contributed by atoms with E-state index in [9.17, 15) is 0 Å². The molecule has 2 aromatic rings. The van der Waals surface area contributed by atoms with Gasteiger partial charge in [0.25, 0.3) is 0 Å². The van der Waals surface area contributed by atoms with Crippen molar-refractivity contribution in [2.75, 3.05) is 19.1 Å². The van der Waals surface area contributed by atoms with Crippen LogP contribution in [-0.2, 0) is 6.42 Å². The van der Waals surface area contributed by atoms with Crippen molar-refractivity contribution in [3.8, 4) is 11.8 Å². The molecule has 4 heteroatoms. The number of nitriles is 1. The zero-order valence-electron chi connectivity index (χ0n) is 12.6. The lowest BCUT2D eigenvalue weighted by molar-refractivity contribution is 0.408. The van der Waals surface area contributed by atoms with Crippen LogP contribution in [0.4, 0.5) is 5.69 Å². The van der Waals surface area contributed by atoms with Crippen LogP contribution >= 0.6 is 0 Å². The molecular formula is C17H19N3O. The molecular weight excluding hydrogens is 262 g/mol. The first kappa shape index (κ1) is 14.9. The third-order valence-corrected chi connectivity index (χ3v) is 3.64. The Hall–Kier alpha value is -2.54. The maximum Gasteiger partial charge on any atom is 0.140 e. The Kier molecular flexibility index (Phi) is 4.78. The fourth-order valence-corrected chi connectivity index (χ4v) is 2.24. The van der Waals surface area contributed by atoms with Crippen LogP contribution in [0, 0.1) is 11.3 Å². The Bertz CT molecular complexity index is 631. The minimum Gasteiger partial charge on any atom is -0.496 e. The van der Waals surface area contributed by atoms with Crippen molar-refractivity contribution in [3.63, 3.8) is 0 Å². The molecule has 0 spiro atoms. The molecule has 4 nitrogen and oxygen atoms in total. The quantitative estimate of drug-likeness (QED) is 0.845. The highest BCUT2D eigenvalue weighted by molar-refractivity contribution is 5.46. The molecule has 1 aromatic heterocycles. The summed E-state index contributed by atoms with van der Waals surface area (Å²) in [5, 5.41) is 8.79. The van der Waals surface area contributed by atoms with E-state index < -0.39 is 0 Å². The lowest BCUT2D eigenvalue weighted by Gasteiger charge is -2.27. The Morgan fingerprint density at radius 2 is 2.05 bits per heavy atom. The van der Waals surface area contributed by atoms with Gasteiger partial charge in [0.2, 0.25) is 0 Å². The van der Waals surface area contributed by atoms with Gasteiger partial charge in [-0.15, -0.1) is 0 Å². The number of ether oxygens (including phenoxy) is 1. The molecule has 0 amide bonds. The van der Waals surface area contributed by atoms with Crippen LogP contribution in [0.15, 0.2) is 42.6 Å². The van der Waals surface area contributed by atoms with E-state index >= 15 is 0 Å². The first-order chi connectivity index (χ1) is 10.2. The molecule has 0 radical (unpaired) electrons. The number of rotatable bonds is 5. The van der Waals surface area contributed by atoms with E-state index in [-0.39, 0.29) is 6.04 Å². The molecule has 0 saturated heterocycles. The molecule has 1 heterocycles. The SMILES string of the molecule is COc1ccccc1CC(C)N(C)c1ccc(C#N)nc1. The minimum absolute atomic E-state index is 0.288. The maximum absolute atomic E-state index is 8.79. The van der Waals surface area contributed by atoms with Crippen LogP contribution in [-0.4, -0.2) is 25.2 Å². The smallest absolute Gasteiger partial charge is 0.140 e. The second kappa shape index (κ2) is 6.76. The van der Waals surface area contributed by atoms with Crippen LogP contribution in [0.2, 0.25) is 0 Å². The zero-order valence-corrected chi connectivity index (χ0v) is 12.6. The Morgan fingerprint density at radius 1 is 1.29 bits per heavy atom. The number of nitrogens with zero attached hydrogens (tertiary/aromatic N) is 3. The average molecular weight is 281 g/mol. The molecule has 1 atom stereocenters. The highest BCUT2D eigenvalue weighted by Crippen LogP contribution is 2.22. The molecule has 1 unspecified atom stereocenters. The van der Waals surface area contributed by atoms with Crippen LogP contribution < -0.4 is 9.64 Å². The van der Waals surface area contributed by atoms with Gasteiger partial charge in [0, 0.05) is 13.1 Å². The highest BCUT2D eigenvalue weighted by atomic mass is 16.5. The van der Waals surface area contributed by atoms with E-state index in [1.807, 2.05) is 37.4 Å². The monoisotopic (exact) mass is 281 g/mol. The van der Waals surface area contributed by atoms with Gasteiger partial charge in [0.1, 0.15) is 17.5 Å². The third-order valence-electron chi connectivity index (χ3n) is 3.64. The highest BCUT2D eigenvalue weighted by Gasteiger charge is 2.13. The molecule has 1 aromatic carbocycles. The van der Waals surface area contributed by atoms with Gasteiger partial charge in [-0.1, -0.05) is 18.2 Å². The van der Waals surface area contributed by atoms with E-state index in [2.05, 4.69) is 22.9 Å². The number of para-hydroxylation sites is 1. The fourth-order valence-electron chi connectivity index (χ4n) is 2.24. The number of pyridine rings is 1. The van der Waals surface area contributed by atoms with Gasteiger partial charge in [0.05, 0.1) is 19.0 Å². The van der Waals surface area contributed by atoms with Gasteiger partial charge in [0.15, 0.2) is 0 Å². The van der Waals surface area contributed by atoms with E-state index in [1.54, 1.807) is 19.4 Å². The summed E-state index contributed by atoms with van der Waals surface area (Å²) in [5.41, 5.74) is 2.61. The molecule has 0 saturated carbocycles. The van der Waals surface area contributed by atoms with Crippen molar-refractivity contribution < 1.29 is 4.74 Å². The summed E-state index contributed by atoms with van der Waals surface area (Å²) in [6.45, 7) is 2.16. The van der Waals surface area contributed by atoms with Crippen molar-refractivity contribution in [2.24, 2.45) is 0 Å². The van der Waals surface area contributed by atoms with E-state index in [0.717, 1.165) is 17.9 Å². The number of anilines is 1. The van der Waals surface area contributed by atoms with E-state index in [4.69, 9.17) is 10.00 Å². The molecule has 0 aliphatic rings. The predicted molar refractivity (Wildman–Crippen MR) is 83.5 cm³/mol. The molecule has 108 valence electrons. The van der Waals surface area contributed by atoms with Crippen LogP contribution in [0.5, 0.6) is 5.75 Å². The van der Waals surface area contributed by atoms with E-state index in [1.165, 1.54) is 5.56 Å². The summed E-state index contributed by atoms with van der Waals surface area (Å²) in [6, 6.07) is 14.0. The standard InChI is InChI=1S/C17H19N3O/c1-13(10-14-6-4-5-7-17(14)21-3)20(2)16-9-8-15(11-18)19-12-16/h4-9,12-13H,10H2,1-3H3. The number of benzene rings is 1. The summed E-state index contributed by atoms with van der Waals surface area (Å²) < 4.78 is 5.40. The molecule has 0 fully saturated rings. The van der Waals surface area contributed by atoms with Gasteiger partial charge in [-0.05, 0) is 37.1 Å². The van der Waals surface area contributed by atoms with Crippen molar-refractivity contribution in [2.45, 2.75) is 19.4 Å². The maximum atomic E-state index is 8.79. The second-order valence-electron chi connectivity index (χ2n) is 4.99. The normalized spacial score (nSPS) is 11.5. The lowest BCUT2D eigenvalue weighted by atomic mass is 10.0. The lowest BCUT2D eigenvalue weighted by Crippen LogP contribution is -2.30. The van der Waals surface area contributed by atoms with Crippen molar-refractivity contribution >= 4 is 5.69 Å². The van der Waals surface area contributed by atoms with Gasteiger partial charge in [-0.25, -0.2) is 4.98 Å². The minimum atomic E-state index is 0.288. The number of methoxy groups -OCH3 is 1. The number of hydrogen-bond donors (Lipinski definition) is 0. The van der Waals surface area contributed by atoms with E-state index in [0.29, 0.717) is 5.69 Å². The first-order valence-corrected chi connectivity index (χ1v) is 6.86. The third kappa shape index (κ3) is 3.51. The molecule has 21 heavy (non-hydrogen) atoms. The van der Waals surface area contributed by atoms with Crippen molar-refractivity contribution in [1.29, 1.82) is 5.26 Å². The Labute approximate surface area is 125 Å². The first-order valence-electron chi connectivity index (χ1n) is 6.86. The van der Waals surface area contributed by atoms with Crippen LogP contribution in [0.3, 0.4) is 0 Å². The Balaban J connectivity index is 2.11. The zero-order chi connectivity index (χ0) is 15.2. The van der Waals surface area contributed by atoms with Gasteiger partial charge in [-0.3, -0.25) is 0 Å². The summed E-state index contributed by atoms with van der Waals surface area (Å²) in [4.78, 5) is 6.27. The largest absolute Gasteiger partial charge is 0.496 e. The van der Waals surface area contributed by atoms with Gasteiger partial charge < -0.3 is 9.64 Å². The van der Waals surface area contributed by atoms with Gasteiger partial charge >= 0.3 is 0 Å². The Morgan fingerprint density at radius 3 is 2.67 bits per heavy atom. The van der Waals surface area contributed by atoms with Crippen molar-refractivity contribution in [3.05, 3.63) is 53.9 Å². The second-order valence-corrected chi connectivity index (χ2v) is 4.99. The molecule has 0 N–H and O–H groups in total. The summed E-state index contributed by atoms with van der Waals surface area (Å²) in [6.07, 6.45) is 2.61.